The van der Waals surface area contributed by atoms with Gasteiger partial charge in [-0.05, 0) is 48.9 Å². The normalized spacial score (nSPS) is 12.9. The summed E-state index contributed by atoms with van der Waals surface area (Å²) in [5, 5.41) is 7.67. The molecule has 2 aromatic carbocycles. The summed E-state index contributed by atoms with van der Waals surface area (Å²) < 4.78 is 29.1. The molecule has 24 heavy (non-hydrogen) atoms. The summed E-state index contributed by atoms with van der Waals surface area (Å²) in [7, 11) is -3.61. The molecule has 0 fully saturated rings. The van der Waals surface area contributed by atoms with E-state index in [9.17, 15) is 8.42 Å². The van der Waals surface area contributed by atoms with Crippen LogP contribution in [0.25, 0.3) is 5.69 Å². The molecule has 1 unspecified atom stereocenters. The van der Waals surface area contributed by atoms with Gasteiger partial charge in [0, 0.05) is 11.7 Å². The van der Waals surface area contributed by atoms with Crippen molar-refractivity contribution in [2.24, 2.45) is 0 Å². The first-order valence-electron chi connectivity index (χ1n) is 7.30. The molecule has 3 aromatic rings. The van der Waals surface area contributed by atoms with Crippen LogP contribution in [-0.2, 0) is 10.0 Å². The standard InChI is InChI=1S/C16H17N5O2S/c1-12(19-24(22,23)16-8-4-14(17)5-9-16)13-2-6-15(7-3-13)21-11-10-18-20-21/h2-12,19H,17H2,1H3. The van der Waals surface area contributed by atoms with Crippen molar-refractivity contribution in [1.82, 2.24) is 19.7 Å². The lowest BCUT2D eigenvalue weighted by Gasteiger charge is -2.15. The van der Waals surface area contributed by atoms with Gasteiger partial charge in [-0.15, -0.1) is 5.10 Å². The summed E-state index contributed by atoms with van der Waals surface area (Å²) in [5.74, 6) is 0. The van der Waals surface area contributed by atoms with E-state index >= 15 is 0 Å². The smallest absolute Gasteiger partial charge is 0.241 e. The highest BCUT2D eigenvalue weighted by Crippen LogP contribution is 2.19. The molecular weight excluding hydrogens is 326 g/mol. The van der Waals surface area contributed by atoms with Crippen LogP contribution < -0.4 is 10.5 Å². The van der Waals surface area contributed by atoms with Gasteiger partial charge < -0.3 is 5.73 Å². The Labute approximate surface area is 140 Å². The number of nitrogens with one attached hydrogen (secondary N) is 1. The Kier molecular flexibility index (Phi) is 4.32. The minimum atomic E-state index is -3.61. The van der Waals surface area contributed by atoms with Gasteiger partial charge in [0.1, 0.15) is 0 Å². The molecule has 1 heterocycles. The number of hydrogen-bond acceptors (Lipinski definition) is 5. The molecule has 7 nitrogen and oxygen atoms in total. The largest absolute Gasteiger partial charge is 0.399 e. The average molecular weight is 343 g/mol. The molecule has 1 atom stereocenters. The van der Waals surface area contributed by atoms with Crippen LogP contribution in [0.1, 0.15) is 18.5 Å². The van der Waals surface area contributed by atoms with Crippen LogP contribution in [0, 0.1) is 0 Å². The highest BCUT2D eigenvalue weighted by atomic mass is 32.2. The van der Waals surface area contributed by atoms with Gasteiger partial charge in [-0.25, -0.2) is 17.8 Å². The molecule has 0 spiro atoms. The number of benzene rings is 2. The van der Waals surface area contributed by atoms with Crippen molar-refractivity contribution < 1.29 is 8.42 Å². The Hall–Kier alpha value is -2.71. The van der Waals surface area contributed by atoms with Crippen molar-refractivity contribution in [1.29, 1.82) is 0 Å². The van der Waals surface area contributed by atoms with Crippen molar-refractivity contribution in [3.8, 4) is 5.69 Å². The van der Waals surface area contributed by atoms with Crippen LogP contribution in [0.2, 0.25) is 0 Å². The fourth-order valence-electron chi connectivity index (χ4n) is 2.28. The lowest BCUT2D eigenvalue weighted by molar-refractivity contribution is 0.567. The van der Waals surface area contributed by atoms with E-state index in [2.05, 4.69) is 15.0 Å². The maximum absolute atomic E-state index is 12.4. The number of rotatable bonds is 5. The van der Waals surface area contributed by atoms with Crippen molar-refractivity contribution in [2.75, 3.05) is 5.73 Å². The van der Waals surface area contributed by atoms with Gasteiger partial charge in [-0.1, -0.05) is 17.3 Å². The molecular formula is C16H17N5O2S. The fourth-order valence-corrected chi connectivity index (χ4v) is 3.51. The van der Waals surface area contributed by atoms with Gasteiger partial charge >= 0.3 is 0 Å². The average Bonchev–Trinajstić information content (AvgIpc) is 3.09. The number of aromatic nitrogens is 3. The summed E-state index contributed by atoms with van der Waals surface area (Å²) >= 11 is 0. The second-order valence-corrected chi connectivity index (χ2v) is 7.07. The van der Waals surface area contributed by atoms with Gasteiger partial charge in [-0.3, -0.25) is 0 Å². The quantitative estimate of drug-likeness (QED) is 0.689. The van der Waals surface area contributed by atoms with Gasteiger partial charge in [0.25, 0.3) is 0 Å². The molecule has 8 heteroatoms. The van der Waals surface area contributed by atoms with E-state index in [1.54, 1.807) is 36.1 Å². The first-order chi connectivity index (χ1) is 11.5. The molecule has 1 aromatic heterocycles. The van der Waals surface area contributed by atoms with Gasteiger partial charge in [0.15, 0.2) is 0 Å². The molecule has 3 N–H and O–H groups in total. The molecule has 124 valence electrons. The second kappa shape index (κ2) is 6.42. The first kappa shape index (κ1) is 16.2. The first-order valence-corrected chi connectivity index (χ1v) is 8.78. The van der Waals surface area contributed by atoms with Crippen molar-refractivity contribution in [3.63, 3.8) is 0 Å². The minimum absolute atomic E-state index is 0.183. The van der Waals surface area contributed by atoms with Crippen LogP contribution >= 0.6 is 0 Å². The van der Waals surface area contributed by atoms with Crippen LogP contribution in [-0.4, -0.2) is 23.4 Å². The highest BCUT2D eigenvalue weighted by molar-refractivity contribution is 7.89. The number of anilines is 1. The molecule has 0 bridgehead atoms. The van der Waals surface area contributed by atoms with Crippen molar-refractivity contribution in [2.45, 2.75) is 17.9 Å². The summed E-state index contributed by atoms with van der Waals surface area (Å²) in [5.41, 5.74) is 7.81. The van der Waals surface area contributed by atoms with E-state index in [4.69, 9.17) is 5.73 Å². The Balaban J connectivity index is 1.76. The Morgan fingerprint density at radius 1 is 1.08 bits per heavy atom. The van der Waals surface area contributed by atoms with E-state index < -0.39 is 10.0 Å². The zero-order valence-corrected chi connectivity index (χ0v) is 13.8. The SMILES string of the molecule is CC(NS(=O)(=O)c1ccc(N)cc1)c1ccc(-n2ccnn2)cc1. The maximum Gasteiger partial charge on any atom is 0.241 e. The lowest BCUT2D eigenvalue weighted by Crippen LogP contribution is -2.26. The zero-order chi connectivity index (χ0) is 17.2. The third-order valence-corrected chi connectivity index (χ3v) is 5.16. The number of hydrogen-bond donors (Lipinski definition) is 2. The number of nitrogen functional groups attached to an aromatic ring is 1. The molecule has 0 aliphatic rings. The van der Waals surface area contributed by atoms with E-state index in [1.165, 1.54) is 12.1 Å². The Morgan fingerprint density at radius 2 is 1.75 bits per heavy atom. The van der Waals surface area contributed by atoms with Gasteiger partial charge in [-0.2, -0.15) is 0 Å². The zero-order valence-electron chi connectivity index (χ0n) is 13.0. The molecule has 0 saturated carbocycles. The molecule has 0 aliphatic carbocycles. The third kappa shape index (κ3) is 3.44. The van der Waals surface area contributed by atoms with E-state index in [1.807, 2.05) is 24.3 Å². The second-order valence-electron chi connectivity index (χ2n) is 5.35. The van der Waals surface area contributed by atoms with Crippen LogP contribution in [0.4, 0.5) is 5.69 Å². The predicted molar refractivity (Wildman–Crippen MR) is 90.9 cm³/mol. The predicted octanol–water partition coefficient (Wildman–Crippen LogP) is 1.89. The van der Waals surface area contributed by atoms with E-state index in [0.717, 1.165) is 11.3 Å². The Bertz CT molecular complexity index is 904. The van der Waals surface area contributed by atoms with E-state index in [-0.39, 0.29) is 10.9 Å². The third-order valence-electron chi connectivity index (χ3n) is 3.60. The molecule has 3 rings (SSSR count). The number of sulfonamides is 1. The fraction of sp³-hybridized carbons (Fsp3) is 0.125. The number of nitrogens with zero attached hydrogens (tertiary/aromatic N) is 3. The molecule has 0 aliphatic heterocycles. The van der Waals surface area contributed by atoms with E-state index in [0.29, 0.717) is 5.69 Å². The topological polar surface area (TPSA) is 103 Å². The van der Waals surface area contributed by atoms with Crippen LogP contribution in [0.3, 0.4) is 0 Å². The van der Waals surface area contributed by atoms with Crippen LogP contribution in [0.5, 0.6) is 0 Å². The molecule has 0 radical (unpaired) electrons. The monoisotopic (exact) mass is 343 g/mol. The van der Waals surface area contributed by atoms with Gasteiger partial charge in [0.05, 0.1) is 23.0 Å². The van der Waals surface area contributed by atoms with Gasteiger partial charge in [0.2, 0.25) is 10.0 Å². The molecule has 0 amide bonds. The summed E-state index contributed by atoms with van der Waals surface area (Å²) in [6.45, 7) is 1.79. The number of nitrogens with two attached hydrogens (primary N) is 1. The summed E-state index contributed by atoms with van der Waals surface area (Å²) in [4.78, 5) is 0.183. The highest BCUT2D eigenvalue weighted by Gasteiger charge is 2.18. The summed E-state index contributed by atoms with van der Waals surface area (Å²) in [6, 6.07) is 13.1. The van der Waals surface area contributed by atoms with Crippen molar-refractivity contribution >= 4 is 15.7 Å². The Morgan fingerprint density at radius 3 is 2.33 bits per heavy atom. The minimum Gasteiger partial charge on any atom is -0.399 e. The van der Waals surface area contributed by atoms with Crippen LogP contribution in [0.15, 0.2) is 65.8 Å². The van der Waals surface area contributed by atoms with Crippen molar-refractivity contribution in [3.05, 3.63) is 66.5 Å². The molecule has 0 saturated heterocycles. The summed E-state index contributed by atoms with van der Waals surface area (Å²) in [6.07, 6.45) is 3.33. The maximum atomic E-state index is 12.4. The lowest BCUT2D eigenvalue weighted by atomic mass is 10.1.